The maximum absolute atomic E-state index is 15.0. The number of rotatable bonds is 20. The van der Waals surface area contributed by atoms with Gasteiger partial charge in [0.25, 0.3) is 6.02 Å². The van der Waals surface area contributed by atoms with E-state index in [4.69, 9.17) is 83.2 Å². The molecule has 648 valence electrons. The minimum Gasteiger partial charge on any atom is -0.502 e. The van der Waals surface area contributed by atoms with Gasteiger partial charge in [-0.3, -0.25) is 24.2 Å². The van der Waals surface area contributed by atoms with E-state index in [1.807, 2.05) is 0 Å². The molecule has 6 aromatic heterocycles. The zero-order chi connectivity index (χ0) is 86.9. The van der Waals surface area contributed by atoms with Crippen molar-refractivity contribution in [3.63, 3.8) is 0 Å². The number of H-pyrrole nitrogens is 1. The van der Waals surface area contributed by atoms with Crippen LogP contribution in [0.3, 0.4) is 0 Å². The standard InChI is InChI=1S/C23H21F4N3O5.C14H18F2O5.C13H17F2NO5.C8H5F2NO4.C8H7F2NO3.C6H6O4.CO2/c24-10-22(14-9-32-4-3-18(14)34-21(28)30-22)13-5-12(1-2-15(13)25)6-17(31)16-7-19-20(8-29-16)35-23(26,27)11-33-19;1-2-14(15,16)21-12-9-19-10(7-11(12)17)8-20-13-5-3-4-6-18-13;14-13(15,8-17)21-11-6-16-9(5-10(11)18)7-20-12-3-1-2-4-19-12;9-8(10)3-14-5-1-4(7(12)13)11-2-6(5)15-8;9-8(10)4-13-6-1-5(3-12)11-2-7(6)14-8;7-2-4-1-5(8)6(9)3-10-4;2-1-3/h1-2,5,7-8,14,18H,3-4,6,9-11H2,(H2,28,30);7,9,13H,2-6,8H2,1H3;5-6,12,17H,1-4,7-8H2,(H,16,18);1-2H,3H2,(H,12,13);1-2,12H,3-4H2;1,3,7,9H,2H2;/t14-,18+,22+;;;;;;/m0....../s1. The van der Waals surface area contributed by atoms with Gasteiger partial charge in [-0.2, -0.15) is 53.5 Å². The molecule has 119 heavy (non-hydrogen) atoms. The number of aromatic nitrogens is 4. The second-order valence-electron chi connectivity index (χ2n) is 25.6. The van der Waals surface area contributed by atoms with E-state index in [0.29, 0.717) is 43.2 Å². The molecule has 5 atom stereocenters. The van der Waals surface area contributed by atoms with Gasteiger partial charge in [-0.1, -0.05) is 13.0 Å². The Morgan fingerprint density at radius 1 is 0.655 bits per heavy atom. The summed E-state index contributed by atoms with van der Waals surface area (Å²) in [6.45, 7) is -2.72. The van der Waals surface area contributed by atoms with E-state index in [0.717, 1.165) is 106 Å². The van der Waals surface area contributed by atoms with Gasteiger partial charge in [0.1, 0.15) is 73.7 Å². The van der Waals surface area contributed by atoms with Crippen molar-refractivity contribution in [3.8, 4) is 51.7 Å². The second kappa shape index (κ2) is 42.1. The predicted octanol–water partition coefficient (Wildman–Crippen LogP) is 8.71. The molecule has 3 fully saturated rings. The van der Waals surface area contributed by atoms with E-state index >= 15 is 4.39 Å². The Bertz CT molecular complexity index is 4720. The van der Waals surface area contributed by atoms with Gasteiger partial charge >= 0.3 is 42.7 Å². The van der Waals surface area contributed by atoms with Crippen molar-refractivity contribution in [2.45, 2.75) is 146 Å². The van der Waals surface area contributed by atoms with Crippen LogP contribution in [0, 0.1) is 11.7 Å². The Kier molecular flexibility index (Phi) is 32.9. The smallest absolute Gasteiger partial charge is 0.433 e. The highest BCUT2D eigenvalue weighted by molar-refractivity contribution is 5.96. The van der Waals surface area contributed by atoms with Crippen molar-refractivity contribution in [1.82, 2.24) is 19.9 Å². The van der Waals surface area contributed by atoms with Gasteiger partial charge in [-0.25, -0.2) is 28.5 Å². The van der Waals surface area contributed by atoms with Crippen LogP contribution in [-0.4, -0.2) is 178 Å². The number of carbonyl (C=O) groups is 2. The molecule has 7 aliphatic heterocycles. The molecule has 13 heterocycles. The normalized spacial score (nSPS) is 19.9. The number of carbonyl (C=O) groups excluding carboxylic acids is 3. The molecule has 2 unspecified atom stereocenters. The Hall–Kier alpha value is -11.7. The molecule has 7 aliphatic rings. The Labute approximate surface area is 662 Å². The van der Waals surface area contributed by atoms with Crippen molar-refractivity contribution < 1.29 is 173 Å². The number of aromatic amines is 1. The summed E-state index contributed by atoms with van der Waals surface area (Å²) in [5.41, 5.74) is 2.95. The zero-order valence-electron chi connectivity index (χ0n) is 62.1. The van der Waals surface area contributed by atoms with Crippen molar-refractivity contribution in [2.75, 3.05) is 59.5 Å². The molecular formula is C73H74F12N6O28. The van der Waals surface area contributed by atoms with Crippen LogP contribution in [0.25, 0.3) is 0 Å². The molecule has 8 N–H and O–H groups in total. The third-order valence-corrected chi connectivity index (χ3v) is 16.8. The molecule has 7 aromatic rings. The minimum absolute atomic E-state index is 0.0409. The molecule has 14 rings (SSSR count). The summed E-state index contributed by atoms with van der Waals surface area (Å²) in [7, 11) is 0. The molecule has 0 bridgehead atoms. The number of nitrogens with one attached hydrogen (secondary N) is 1. The SMILES string of the molecule is CCC(F)(F)Oc1coc(COC2CCCCO2)cc1=O.NC1=N[C@](CF)(c2cc(CC(=O)c3cc4c(cn3)OC(F)(F)CO4)ccc2F)[C@H]2COCC[C@H]2O1.O=C(O)c1cc2c(cn1)OC(F)(F)CO2.O=C=O.O=c1cc(CO)occ1O.O=c1cc(COC2CCCCO2)[nH]cc1OC(F)(F)CO.OCc1cc2c(cn1)OC(F)(F)CO2. The maximum atomic E-state index is 15.0. The summed E-state index contributed by atoms with van der Waals surface area (Å²) in [6.07, 6.45) is -7.15. The highest BCUT2D eigenvalue weighted by atomic mass is 19.3. The summed E-state index contributed by atoms with van der Waals surface area (Å²) < 4.78 is 237. The zero-order valence-corrected chi connectivity index (χ0v) is 62.1. The van der Waals surface area contributed by atoms with Crippen LogP contribution in [0.5, 0.6) is 51.7 Å². The van der Waals surface area contributed by atoms with Crippen molar-refractivity contribution in [3.05, 3.63) is 174 Å². The monoisotopic (exact) mass is 1710 g/mol. The number of alkyl halides is 11. The number of aromatic carboxylic acids is 1. The fourth-order valence-electron chi connectivity index (χ4n) is 11.1. The summed E-state index contributed by atoms with van der Waals surface area (Å²) in [4.78, 5) is 91.3. The number of aromatic hydroxyl groups is 1. The highest BCUT2D eigenvalue weighted by Crippen LogP contribution is 2.45. The number of benzene rings is 1. The maximum Gasteiger partial charge on any atom is 0.433 e. The molecule has 1 aromatic carbocycles. The first-order chi connectivity index (χ1) is 56.4. The summed E-state index contributed by atoms with van der Waals surface area (Å²) in [6, 6.07) is 10.5. The van der Waals surface area contributed by atoms with Gasteiger partial charge in [-0.05, 0) is 56.2 Å². The van der Waals surface area contributed by atoms with E-state index in [1.54, 1.807) is 0 Å². The van der Waals surface area contributed by atoms with Crippen molar-refractivity contribution in [1.29, 1.82) is 0 Å². The predicted molar refractivity (Wildman–Crippen MR) is 371 cm³/mol. The van der Waals surface area contributed by atoms with Gasteiger partial charge < -0.3 is 111 Å². The largest absolute Gasteiger partial charge is 0.502 e. The van der Waals surface area contributed by atoms with Gasteiger partial charge in [-0.15, -0.1) is 0 Å². The minimum atomic E-state index is -3.79. The number of hydrogen-bond acceptors (Lipinski definition) is 32. The molecule has 0 amide bonds. The third kappa shape index (κ3) is 27.5. The van der Waals surface area contributed by atoms with Crippen molar-refractivity contribution >= 4 is 23.9 Å². The number of nitrogens with zero attached hydrogens (tertiary/aromatic N) is 4. The average Bonchev–Trinajstić information content (AvgIpc) is 0.740. The fraction of sp³-hybridized carbons (Fsp3) is 0.452. The van der Waals surface area contributed by atoms with Crippen LogP contribution in [-0.2, 0) is 76.4 Å². The van der Waals surface area contributed by atoms with E-state index in [-0.39, 0.29) is 127 Å². The van der Waals surface area contributed by atoms with Crippen LogP contribution < -0.4 is 59.9 Å². The first kappa shape index (κ1) is 92.9. The van der Waals surface area contributed by atoms with Crippen LogP contribution >= 0.6 is 0 Å². The number of amidine groups is 1. The van der Waals surface area contributed by atoms with E-state index in [9.17, 15) is 72.3 Å². The molecule has 0 aliphatic carbocycles. The number of aliphatic hydroxyl groups is 3. The number of nitrogens with two attached hydrogens (primary N) is 1. The Morgan fingerprint density at radius 2 is 1.20 bits per heavy atom. The number of aliphatic hydroxyl groups excluding tert-OH is 3. The van der Waals surface area contributed by atoms with Crippen LogP contribution in [0.15, 0.2) is 120 Å². The molecule has 34 nitrogen and oxygen atoms in total. The van der Waals surface area contributed by atoms with Crippen LogP contribution in [0.1, 0.15) is 113 Å². The van der Waals surface area contributed by atoms with E-state index in [2.05, 4.69) is 57.8 Å². The molecular weight excluding hydrogens is 1640 g/mol. The van der Waals surface area contributed by atoms with E-state index < -0.39 is 139 Å². The topological polar surface area (TPSA) is 469 Å². The molecule has 3 saturated heterocycles. The number of carboxylic acids is 1. The number of hydrogen-bond donors (Lipinski definition) is 7. The number of ketones is 1. The summed E-state index contributed by atoms with van der Waals surface area (Å²) in [5, 5.41) is 42.8. The lowest BCUT2D eigenvalue weighted by Gasteiger charge is -2.45. The number of aliphatic imine (C=N–C) groups is 1. The van der Waals surface area contributed by atoms with Crippen molar-refractivity contribution in [2.24, 2.45) is 16.6 Å². The quantitative estimate of drug-likeness (QED) is 0.0277. The number of carboxylic acid groups (broad SMARTS) is 1. The molecule has 46 heteroatoms. The lowest BCUT2D eigenvalue weighted by atomic mass is 9.74. The average molecular weight is 1710 g/mol. The molecule has 0 spiro atoms. The first-order valence-electron chi connectivity index (χ1n) is 35.3. The van der Waals surface area contributed by atoms with Crippen LogP contribution in [0.2, 0.25) is 0 Å². The molecule has 0 saturated carbocycles. The highest BCUT2D eigenvalue weighted by Gasteiger charge is 2.52. The van der Waals surface area contributed by atoms with Gasteiger partial charge in [0.05, 0.1) is 56.6 Å². The lowest BCUT2D eigenvalue weighted by molar-refractivity contribution is -0.209. The second-order valence-corrected chi connectivity index (χ2v) is 25.6. The lowest BCUT2D eigenvalue weighted by Crippen LogP contribution is -2.54. The molecule has 0 radical (unpaired) electrons. The fourth-order valence-corrected chi connectivity index (χ4v) is 11.1. The third-order valence-electron chi connectivity index (χ3n) is 16.8. The summed E-state index contributed by atoms with van der Waals surface area (Å²) >= 11 is 0. The number of ether oxygens (including phenoxy) is 14. The van der Waals surface area contributed by atoms with Gasteiger partial charge in [0.15, 0.2) is 89.9 Å². The number of Topliss-reactive ketones (excluding diaryl/α,β-unsaturated/α-hetero) is 1. The summed E-state index contributed by atoms with van der Waals surface area (Å²) in [5.74, 6) is -4.81. The number of halogens is 12. The van der Waals surface area contributed by atoms with Crippen LogP contribution in [0.4, 0.5) is 52.7 Å². The number of pyridine rings is 4. The van der Waals surface area contributed by atoms with Gasteiger partial charge in [0, 0.05) is 86.3 Å². The Balaban J connectivity index is 0.000000185. The van der Waals surface area contributed by atoms with Gasteiger partial charge in [0.2, 0.25) is 22.0 Å². The van der Waals surface area contributed by atoms with E-state index in [1.165, 1.54) is 31.2 Å². The number of fused-ring (bicyclic) bond motifs is 4. The first-order valence-corrected chi connectivity index (χ1v) is 35.3. The Morgan fingerprint density at radius 3 is 1.73 bits per heavy atom.